The largest absolute Gasteiger partial charge is 0.485 e. The van der Waals surface area contributed by atoms with Crippen LogP contribution in [0.15, 0.2) is 41.6 Å². The Morgan fingerprint density at radius 3 is 2.72 bits per heavy atom. The van der Waals surface area contributed by atoms with Gasteiger partial charge in [-0.1, -0.05) is 41.6 Å². The Hall–Kier alpha value is -2.51. The molecule has 6 nitrogen and oxygen atoms in total. The highest BCUT2D eigenvalue weighted by Gasteiger charge is 2.13. The number of rotatable bonds is 7. The van der Waals surface area contributed by atoms with Gasteiger partial charge >= 0.3 is 0 Å². The fourth-order valence-electron chi connectivity index (χ4n) is 2.62. The van der Waals surface area contributed by atoms with Crippen molar-refractivity contribution in [3.8, 4) is 5.75 Å². The predicted molar refractivity (Wildman–Crippen MR) is 117 cm³/mol. The summed E-state index contributed by atoms with van der Waals surface area (Å²) in [7, 11) is 1.86. The lowest BCUT2D eigenvalue weighted by Gasteiger charge is -2.10. The molecule has 29 heavy (non-hydrogen) atoms. The molecule has 0 unspecified atom stereocenters. The Morgan fingerprint density at radius 2 is 1.97 bits per heavy atom. The van der Waals surface area contributed by atoms with Crippen molar-refractivity contribution in [2.24, 2.45) is 7.05 Å². The van der Waals surface area contributed by atoms with Crippen molar-refractivity contribution >= 4 is 35.0 Å². The molecule has 1 aromatic heterocycles. The van der Waals surface area contributed by atoms with Gasteiger partial charge in [0.2, 0.25) is 5.91 Å². The molecular formula is C21H23ClN4O2S. The predicted octanol–water partition coefficient (Wildman–Crippen LogP) is 4.70. The minimum atomic E-state index is -0.133. The zero-order valence-corrected chi connectivity index (χ0v) is 18.4. The maximum atomic E-state index is 12.2. The van der Waals surface area contributed by atoms with Crippen molar-refractivity contribution in [1.29, 1.82) is 0 Å². The van der Waals surface area contributed by atoms with Gasteiger partial charge in [0.15, 0.2) is 11.0 Å². The maximum Gasteiger partial charge on any atom is 0.234 e. The van der Waals surface area contributed by atoms with E-state index in [9.17, 15) is 4.79 Å². The Labute approximate surface area is 179 Å². The normalized spacial score (nSPS) is 10.8. The molecule has 0 radical (unpaired) electrons. The third kappa shape index (κ3) is 5.31. The van der Waals surface area contributed by atoms with E-state index in [0.717, 1.165) is 16.9 Å². The molecule has 0 saturated carbocycles. The van der Waals surface area contributed by atoms with Crippen LogP contribution >= 0.6 is 23.4 Å². The minimum absolute atomic E-state index is 0.133. The van der Waals surface area contributed by atoms with E-state index in [1.807, 2.05) is 49.7 Å². The van der Waals surface area contributed by atoms with Crippen LogP contribution in [-0.2, 0) is 18.4 Å². The molecule has 0 spiro atoms. The number of anilines is 1. The third-order valence-electron chi connectivity index (χ3n) is 4.62. The summed E-state index contributed by atoms with van der Waals surface area (Å²) in [6.07, 6.45) is 0. The van der Waals surface area contributed by atoms with Crippen molar-refractivity contribution in [3.63, 3.8) is 0 Å². The Kier molecular flexibility index (Phi) is 6.82. The summed E-state index contributed by atoms with van der Waals surface area (Å²) < 4.78 is 7.74. The van der Waals surface area contributed by atoms with Crippen LogP contribution in [0.1, 0.15) is 22.5 Å². The number of nitrogens with zero attached hydrogens (tertiary/aromatic N) is 3. The first kappa shape index (κ1) is 21.2. The van der Waals surface area contributed by atoms with Crippen LogP contribution in [0.25, 0.3) is 0 Å². The van der Waals surface area contributed by atoms with Crippen molar-refractivity contribution in [2.75, 3.05) is 11.1 Å². The first-order valence-electron chi connectivity index (χ1n) is 9.11. The number of ether oxygens (including phenoxy) is 1. The van der Waals surface area contributed by atoms with Crippen molar-refractivity contribution in [3.05, 3.63) is 63.9 Å². The van der Waals surface area contributed by atoms with E-state index < -0.39 is 0 Å². The number of hydrogen-bond acceptors (Lipinski definition) is 5. The fraction of sp³-hybridized carbons (Fsp3) is 0.286. The molecule has 1 amide bonds. The van der Waals surface area contributed by atoms with Crippen molar-refractivity contribution < 1.29 is 9.53 Å². The molecule has 0 aliphatic carbocycles. The van der Waals surface area contributed by atoms with Crippen LogP contribution in [0.2, 0.25) is 5.02 Å². The number of aromatic nitrogens is 3. The quantitative estimate of drug-likeness (QED) is 0.550. The summed E-state index contributed by atoms with van der Waals surface area (Å²) in [6, 6.07) is 11.4. The highest BCUT2D eigenvalue weighted by atomic mass is 35.5. The number of hydrogen-bond donors (Lipinski definition) is 1. The van der Waals surface area contributed by atoms with Gasteiger partial charge in [-0.25, -0.2) is 0 Å². The van der Waals surface area contributed by atoms with Crippen LogP contribution in [-0.4, -0.2) is 26.4 Å². The zero-order valence-electron chi connectivity index (χ0n) is 16.8. The Balaban J connectivity index is 1.55. The Bertz CT molecular complexity index is 1040. The van der Waals surface area contributed by atoms with Crippen LogP contribution in [0, 0.1) is 20.8 Å². The van der Waals surface area contributed by atoms with Gasteiger partial charge in [-0.3, -0.25) is 4.79 Å². The number of halogens is 1. The lowest BCUT2D eigenvalue weighted by Crippen LogP contribution is -2.14. The number of carbonyl (C=O) groups is 1. The molecular weight excluding hydrogens is 408 g/mol. The van der Waals surface area contributed by atoms with Gasteiger partial charge in [0.1, 0.15) is 12.4 Å². The molecule has 0 aliphatic heterocycles. The number of carbonyl (C=O) groups excluding carboxylic acids is 1. The maximum absolute atomic E-state index is 12.2. The van der Waals surface area contributed by atoms with E-state index in [4.69, 9.17) is 16.3 Å². The van der Waals surface area contributed by atoms with Crippen molar-refractivity contribution in [1.82, 2.24) is 14.8 Å². The second kappa shape index (κ2) is 9.33. The van der Waals surface area contributed by atoms with E-state index in [0.29, 0.717) is 28.3 Å². The molecule has 152 valence electrons. The molecule has 8 heteroatoms. The smallest absolute Gasteiger partial charge is 0.234 e. The van der Waals surface area contributed by atoms with Gasteiger partial charge < -0.3 is 14.6 Å². The van der Waals surface area contributed by atoms with Crippen LogP contribution in [0.5, 0.6) is 5.75 Å². The van der Waals surface area contributed by atoms with E-state index in [1.165, 1.54) is 17.3 Å². The number of thioether (sulfide) groups is 1. The molecule has 1 heterocycles. The highest BCUT2D eigenvalue weighted by Crippen LogP contribution is 2.23. The topological polar surface area (TPSA) is 69.0 Å². The fourth-order valence-corrected chi connectivity index (χ4v) is 3.53. The monoisotopic (exact) mass is 430 g/mol. The summed E-state index contributed by atoms with van der Waals surface area (Å²) in [5, 5.41) is 12.5. The van der Waals surface area contributed by atoms with E-state index in [-0.39, 0.29) is 11.7 Å². The molecule has 3 aromatic rings. The molecule has 2 aromatic carbocycles. The molecule has 3 rings (SSSR count). The summed E-state index contributed by atoms with van der Waals surface area (Å²) in [5.74, 6) is 1.61. The summed E-state index contributed by atoms with van der Waals surface area (Å²) in [5.41, 5.74) is 3.93. The number of nitrogens with one attached hydrogen (secondary N) is 1. The number of amides is 1. The van der Waals surface area contributed by atoms with E-state index in [1.54, 1.807) is 6.07 Å². The third-order valence-corrected chi connectivity index (χ3v) is 6.05. The molecule has 1 N–H and O–H groups in total. The zero-order chi connectivity index (χ0) is 21.0. The standard InChI is InChI=1S/C21H23ClN4O2S/c1-13-6-5-7-18(15(13)3)28-11-19-24-25-21(26(19)4)29-12-20(27)23-16-9-8-14(2)17(22)10-16/h5-10H,11-12H2,1-4H3,(H,23,27). The van der Waals surface area contributed by atoms with E-state index in [2.05, 4.69) is 28.5 Å². The molecule has 0 saturated heterocycles. The van der Waals surface area contributed by atoms with Gasteiger partial charge in [0.25, 0.3) is 0 Å². The van der Waals surface area contributed by atoms with Gasteiger partial charge in [-0.15, -0.1) is 10.2 Å². The van der Waals surface area contributed by atoms with Crippen molar-refractivity contribution in [2.45, 2.75) is 32.5 Å². The van der Waals surface area contributed by atoms with Gasteiger partial charge in [0.05, 0.1) is 5.75 Å². The first-order chi connectivity index (χ1) is 13.8. The molecule has 0 aliphatic rings. The van der Waals surface area contributed by atoms with Gasteiger partial charge in [-0.05, 0) is 55.7 Å². The van der Waals surface area contributed by atoms with Gasteiger partial charge in [-0.2, -0.15) is 0 Å². The minimum Gasteiger partial charge on any atom is -0.485 e. The highest BCUT2D eigenvalue weighted by molar-refractivity contribution is 7.99. The summed E-state index contributed by atoms with van der Waals surface area (Å²) in [6.45, 7) is 6.30. The SMILES string of the molecule is Cc1ccc(NC(=O)CSc2nnc(COc3cccc(C)c3C)n2C)cc1Cl. The lowest BCUT2D eigenvalue weighted by atomic mass is 10.1. The van der Waals surface area contributed by atoms with Crippen LogP contribution in [0.4, 0.5) is 5.69 Å². The summed E-state index contributed by atoms with van der Waals surface area (Å²) in [4.78, 5) is 12.2. The van der Waals surface area contributed by atoms with Gasteiger partial charge in [0, 0.05) is 17.8 Å². The number of aryl methyl sites for hydroxylation is 2. The second-order valence-electron chi connectivity index (χ2n) is 6.75. The van der Waals surface area contributed by atoms with E-state index >= 15 is 0 Å². The average molecular weight is 431 g/mol. The van der Waals surface area contributed by atoms with Crippen LogP contribution < -0.4 is 10.1 Å². The average Bonchev–Trinajstić information content (AvgIpc) is 3.04. The second-order valence-corrected chi connectivity index (χ2v) is 8.10. The summed E-state index contributed by atoms with van der Waals surface area (Å²) >= 11 is 7.41. The Morgan fingerprint density at radius 1 is 1.17 bits per heavy atom. The van der Waals surface area contributed by atoms with Crippen LogP contribution in [0.3, 0.4) is 0 Å². The molecule has 0 fully saturated rings. The molecule has 0 bridgehead atoms. The lowest BCUT2D eigenvalue weighted by molar-refractivity contribution is -0.113. The number of benzene rings is 2. The first-order valence-corrected chi connectivity index (χ1v) is 10.5. The molecule has 0 atom stereocenters.